The Kier molecular flexibility index (Phi) is 7.31. The van der Waals surface area contributed by atoms with Gasteiger partial charge < -0.3 is 20.9 Å². The molecule has 9 heteroatoms. The Morgan fingerprint density at radius 2 is 1.44 bits per heavy atom. The summed E-state index contributed by atoms with van der Waals surface area (Å²) < 4.78 is 35.1. The number of hydrogen-bond acceptors (Lipinski definition) is 6. The first-order chi connectivity index (χ1) is 11.7. The molecular weight excluding hydrogens is 402 g/mol. The number of nitrogen functional groups attached to an aromatic ring is 2. The number of carbonyl (C=O) groups is 2. The van der Waals surface area contributed by atoms with E-state index in [4.69, 9.17) is 11.5 Å². The fourth-order valence-corrected chi connectivity index (χ4v) is 1.98. The first kappa shape index (κ1) is 20.4. The molecule has 0 fully saturated rings. The zero-order valence-electron chi connectivity index (χ0n) is 13.3. The van der Waals surface area contributed by atoms with E-state index in [2.05, 4.69) is 25.4 Å². The van der Waals surface area contributed by atoms with Crippen LogP contribution in [0.5, 0.6) is 0 Å². The van der Waals surface area contributed by atoms with Crippen molar-refractivity contribution in [2.24, 2.45) is 0 Å². The summed E-state index contributed by atoms with van der Waals surface area (Å²) in [5, 5.41) is 0. The van der Waals surface area contributed by atoms with E-state index >= 15 is 0 Å². The van der Waals surface area contributed by atoms with Crippen LogP contribution in [0.4, 0.5) is 20.2 Å². The number of methoxy groups -OCH3 is 2. The van der Waals surface area contributed by atoms with Crippen LogP contribution in [0.25, 0.3) is 0 Å². The molecule has 0 saturated heterocycles. The summed E-state index contributed by atoms with van der Waals surface area (Å²) in [5.74, 6) is -2.78. The van der Waals surface area contributed by atoms with Crippen LogP contribution in [0, 0.1) is 11.6 Å². The first-order valence-electron chi connectivity index (χ1n) is 6.67. The molecule has 0 atom stereocenters. The van der Waals surface area contributed by atoms with Crippen LogP contribution < -0.4 is 11.5 Å². The molecule has 134 valence electrons. The van der Waals surface area contributed by atoms with Crippen LogP contribution in [0.3, 0.4) is 0 Å². The fraction of sp³-hybridized carbons (Fsp3) is 0.125. The quantitative estimate of drug-likeness (QED) is 0.575. The van der Waals surface area contributed by atoms with E-state index in [1.54, 1.807) is 0 Å². The minimum absolute atomic E-state index is 0.105. The number of carbonyl (C=O) groups excluding carboxylic acids is 2. The van der Waals surface area contributed by atoms with Gasteiger partial charge in [-0.25, -0.2) is 18.4 Å². The molecule has 0 heterocycles. The van der Waals surface area contributed by atoms with E-state index in [1.807, 2.05) is 0 Å². The Morgan fingerprint density at radius 1 is 0.920 bits per heavy atom. The van der Waals surface area contributed by atoms with Crippen molar-refractivity contribution in [3.63, 3.8) is 0 Å². The Labute approximate surface area is 150 Å². The maximum atomic E-state index is 13.1. The van der Waals surface area contributed by atoms with E-state index in [0.29, 0.717) is 4.47 Å². The Hall–Kier alpha value is -2.68. The van der Waals surface area contributed by atoms with Gasteiger partial charge in [0.15, 0.2) is 0 Å². The van der Waals surface area contributed by atoms with E-state index in [0.717, 1.165) is 12.1 Å². The molecule has 2 aromatic carbocycles. The monoisotopic (exact) mass is 416 g/mol. The van der Waals surface area contributed by atoms with E-state index in [9.17, 15) is 18.4 Å². The number of ether oxygens (including phenoxy) is 2. The number of rotatable bonds is 2. The smallest absolute Gasteiger partial charge is 0.340 e. The van der Waals surface area contributed by atoms with Crippen LogP contribution in [-0.4, -0.2) is 26.2 Å². The number of benzene rings is 2. The second-order valence-corrected chi connectivity index (χ2v) is 5.43. The van der Waals surface area contributed by atoms with Crippen LogP contribution >= 0.6 is 15.9 Å². The highest BCUT2D eigenvalue weighted by Crippen LogP contribution is 2.23. The maximum absolute atomic E-state index is 13.1. The third-order valence-electron chi connectivity index (χ3n) is 2.89. The molecule has 0 aliphatic heterocycles. The second kappa shape index (κ2) is 8.97. The zero-order chi connectivity index (χ0) is 19.1. The topological polar surface area (TPSA) is 105 Å². The van der Waals surface area contributed by atoms with Crippen molar-refractivity contribution in [2.45, 2.75) is 0 Å². The summed E-state index contributed by atoms with van der Waals surface area (Å²) in [6, 6.07) is 6.16. The number of anilines is 2. The van der Waals surface area contributed by atoms with Gasteiger partial charge in [-0.3, -0.25) is 0 Å². The van der Waals surface area contributed by atoms with Crippen molar-refractivity contribution in [1.29, 1.82) is 0 Å². The van der Waals surface area contributed by atoms with Crippen LogP contribution in [0.15, 0.2) is 34.8 Å². The highest BCUT2D eigenvalue weighted by molar-refractivity contribution is 9.10. The molecule has 25 heavy (non-hydrogen) atoms. The highest BCUT2D eigenvalue weighted by atomic mass is 79.9. The predicted molar refractivity (Wildman–Crippen MR) is 92.0 cm³/mol. The molecule has 0 radical (unpaired) electrons. The average molecular weight is 417 g/mol. The molecular formula is C16H15BrF2N2O4. The van der Waals surface area contributed by atoms with Crippen LogP contribution in [0.1, 0.15) is 20.7 Å². The Balaban J connectivity index is 0.000000251. The normalized spacial score (nSPS) is 9.64. The average Bonchev–Trinajstić information content (AvgIpc) is 2.57. The molecule has 0 amide bonds. The molecule has 6 nitrogen and oxygen atoms in total. The fourth-order valence-electron chi connectivity index (χ4n) is 1.64. The number of hydrogen-bond donors (Lipinski definition) is 2. The molecule has 0 aliphatic carbocycles. The van der Waals surface area contributed by atoms with Crippen LogP contribution in [-0.2, 0) is 9.47 Å². The summed E-state index contributed by atoms with van der Waals surface area (Å²) in [4.78, 5) is 21.8. The highest BCUT2D eigenvalue weighted by Gasteiger charge is 2.14. The summed E-state index contributed by atoms with van der Waals surface area (Å²) >= 11 is 3.08. The molecule has 0 aliphatic rings. The SMILES string of the molecule is COC(=O)c1cc(Br)c(N)cc1F.COC(=O)c1ccc(N)cc1F. The largest absolute Gasteiger partial charge is 0.465 e. The van der Waals surface area contributed by atoms with Crippen molar-refractivity contribution in [3.8, 4) is 0 Å². The predicted octanol–water partition coefficient (Wildman–Crippen LogP) is 3.15. The Morgan fingerprint density at radius 3 is 1.96 bits per heavy atom. The lowest BCUT2D eigenvalue weighted by Gasteiger charge is -2.03. The molecule has 0 aromatic heterocycles. The maximum Gasteiger partial charge on any atom is 0.340 e. The zero-order valence-corrected chi connectivity index (χ0v) is 14.9. The minimum Gasteiger partial charge on any atom is -0.465 e. The third-order valence-corrected chi connectivity index (χ3v) is 3.58. The number of halogens is 3. The van der Waals surface area contributed by atoms with Gasteiger partial charge in [-0.05, 0) is 46.3 Å². The van der Waals surface area contributed by atoms with Crippen molar-refractivity contribution >= 4 is 39.2 Å². The second-order valence-electron chi connectivity index (χ2n) is 4.58. The number of nitrogens with two attached hydrogens (primary N) is 2. The third kappa shape index (κ3) is 5.42. The lowest BCUT2D eigenvalue weighted by atomic mass is 10.2. The lowest BCUT2D eigenvalue weighted by molar-refractivity contribution is 0.0586. The van der Waals surface area contributed by atoms with E-state index in [1.165, 1.54) is 32.4 Å². The first-order valence-corrected chi connectivity index (χ1v) is 7.46. The minimum atomic E-state index is -0.724. The molecule has 0 bridgehead atoms. The molecule has 2 rings (SSSR count). The van der Waals surface area contributed by atoms with Gasteiger partial charge in [0.25, 0.3) is 0 Å². The standard InChI is InChI=1S/C8H7BrFNO2.C8H8FNO2/c1-13-8(12)4-2-5(9)7(11)3-6(4)10;1-12-8(11)6-3-2-5(10)4-7(6)9/h2-3H,11H2,1H3;2-4H,10H2,1H3. The van der Waals surface area contributed by atoms with Crippen molar-refractivity contribution in [2.75, 3.05) is 25.7 Å². The molecule has 0 spiro atoms. The van der Waals surface area contributed by atoms with E-state index in [-0.39, 0.29) is 22.5 Å². The van der Waals surface area contributed by atoms with Gasteiger partial charge in [0.2, 0.25) is 0 Å². The molecule has 0 unspecified atom stereocenters. The van der Waals surface area contributed by atoms with E-state index < -0.39 is 23.6 Å². The van der Waals surface area contributed by atoms with Gasteiger partial charge in [-0.15, -0.1) is 0 Å². The summed E-state index contributed by atoms with van der Waals surface area (Å²) in [5.41, 5.74) is 10.9. The molecule has 0 saturated carbocycles. The molecule has 2 aromatic rings. The van der Waals surface area contributed by atoms with Gasteiger partial charge >= 0.3 is 11.9 Å². The number of esters is 2. The van der Waals surface area contributed by atoms with Crippen molar-refractivity contribution < 1.29 is 27.8 Å². The summed E-state index contributed by atoms with van der Waals surface area (Å²) in [7, 11) is 2.38. The lowest BCUT2D eigenvalue weighted by Crippen LogP contribution is -2.05. The van der Waals surface area contributed by atoms with Gasteiger partial charge in [0.05, 0.1) is 25.3 Å². The van der Waals surface area contributed by atoms with Crippen molar-refractivity contribution in [3.05, 3.63) is 57.6 Å². The molecule has 4 N–H and O–H groups in total. The Bertz CT molecular complexity index is 800. The van der Waals surface area contributed by atoms with Gasteiger partial charge in [-0.1, -0.05) is 0 Å². The van der Waals surface area contributed by atoms with Gasteiger partial charge in [0.1, 0.15) is 11.6 Å². The van der Waals surface area contributed by atoms with Gasteiger partial charge in [-0.2, -0.15) is 0 Å². The van der Waals surface area contributed by atoms with Crippen molar-refractivity contribution in [1.82, 2.24) is 0 Å². The van der Waals surface area contributed by atoms with Gasteiger partial charge in [0, 0.05) is 15.8 Å². The van der Waals surface area contributed by atoms with Crippen LogP contribution in [0.2, 0.25) is 0 Å². The summed E-state index contributed by atoms with van der Waals surface area (Å²) in [6.45, 7) is 0. The summed E-state index contributed by atoms with van der Waals surface area (Å²) in [6.07, 6.45) is 0.